The molecule has 15 heavy (non-hydrogen) atoms. The van der Waals surface area contributed by atoms with Crippen LogP contribution in [0.3, 0.4) is 0 Å². The Morgan fingerprint density at radius 1 is 1.33 bits per heavy atom. The van der Waals surface area contributed by atoms with Crippen LogP contribution in [0.5, 0.6) is 0 Å². The lowest BCUT2D eigenvalue weighted by Crippen LogP contribution is -2.11. The van der Waals surface area contributed by atoms with Gasteiger partial charge >= 0.3 is 0 Å². The summed E-state index contributed by atoms with van der Waals surface area (Å²) in [6.45, 7) is 0. The Hall–Kier alpha value is -0.100. The highest BCUT2D eigenvalue weighted by Crippen LogP contribution is 2.28. The van der Waals surface area contributed by atoms with Gasteiger partial charge in [-0.05, 0) is 55.4 Å². The molecule has 0 aromatic carbocycles. The Balaban J connectivity index is 2.10. The molecule has 0 saturated heterocycles. The number of halogens is 2. The Labute approximate surface area is 109 Å². The summed E-state index contributed by atoms with van der Waals surface area (Å²) in [5.41, 5.74) is 6.04. The van der Waals surface area contributed by atoms with Gasteiger partial charge in [-0.2, -0.15) is 0 Å². The standard InChI is InChI=1S/C10H9Br2NOS/c11-6-3-4-15-9(6)5-7(13)8-1-2-10(12)14-8/h1-4,7H,5,13H2. The van der Waals surface area contributed by atoms with Crippen LogP contribution in [0.2, 0.25) is 0 Å². The second kappa shape index (κ2) is 4.82. The Kier molecular flexibility index (Phi) is 3.66. The van der Waals surface area contributed by atoms with Gasteiger partial charge in [0.25, 0.3) is 0 Å². The van der Waals surface area contributed by atoms with Crippen LogP contribution in [0.25, 0.3) is 0 Å². The van der Waals surface area contributed by atoms with Crippen molar-refractivity contribution >= 4 is 43.2 Å². The maximum Gasteiger partial charge on any atom is 0.169 e. The number of furan rings is 1. The first kappa shape index (κ1) is 11.4. The molecular weight excluding hydrogens is 342 g/mol. The molecular formula is C10H9Br2NOS. The highest BCUT2D eigenvalue weighted by atomic mass is 79.9. The minimum Gasteiger partial charge on any atom is -0.453 e. The first-order valence-corrected chi connectivity index (χ1v) is 6.86. The van der Waals surface area contributed by atoms with Crippen molar-refractivity contribution in [2.45, 2.75) is 12.5 Å². The Bertz CT molecular complexity index is 452. The van der Waals surface area contributed by atoms with Gasteiger partial charge < -0.3 is 10.2 Å². The van der Waals surface area contributed by atoms with Gasteiger partial charge in [0.2, 0.25) is 0 Å². The van der Waals surface area contributed by atoms with Gasteiger partial charge in [0, 0.05) is 15.8 Å². The van der Waals surface area contributed by atoms with Crippen molar-refractivity contribution in [2.75, 3.05) is 0 Å². The van der Waals surface area contributed by atoms with Crippen LogP contribution < -0.4 is 5.73 Å². The van der Waals surface area contributed by atoms with Crippen molar-refractivity contribution in [1.29, 1.82) is 0 Å². The molecule has 0 fully saturated rings. The van der Waals surface area contributed by atoms with Crippen LogP contribution in [-0.2, 0) is 6.42 Å². The number of nitrogens with two attached hydrogens (primary N) is 1. The van der Waals surface area contributed by atoms with E-state index in [2.05, 4.69) is 31.9 Å². The molecule has 80 valence electrons. The molecule has 2 aromatic heterocycles. The Morgan fingerprint density at radius 3 is 2.67 bits per heavy atom. The van der Waals surface area contributed by atoms with Crippen LogP contribution in [0.1, 0.15) is 16.7 Å². The predicted octanol–water partition coefficient (Wildman–Crippen LogP) is 4.11. The van der Waals surface area contributed by atoms with Gasteiger partial charge in [-0.1, -0.05) is 0 Å². The number of hydrogen-bond acceptors (Lipinski definition) is 3. The molecule has 0 amide bonds. The van der Waals surface area contributed by atoms with Gasteiger partial charge in [0.1, 0.15) is 5.76 Å². The third-order valence-electron chi connectivity index (χ3n) is 2.06. The third-order valence-corrected chi connectivity index (χ3v) is 4.43. The molecule has 0 spiro atoms. The average molecular weight is 351 g/mol. The highest BCUT2D eigenvalue weighted by molar-refractivity contribution is 9.10. The minimum absolute atomic E-state index is 0.0914. The lowest BCUT2D eigenvalue weighted by molar-refractivity contribution is 0.449. The molecule has 2 rings (SSSR count). The van der Waals surface area contributed by atoms with E-state index in [0.717, 1.165) is 21.3 Å². The largest absolute Gasteiger partial charge is 0.453 e. The number of rotatable bonds is 3. The molecule has 0 aliphatic carbocycles. The Morgan fingerprint density at radius 2 is 2.13 bits per heavy atom. The van der Waals surface area contributed by atoms with E-state index in [9.17, 15) is 0 Å². The van der Waals surface area contributed by atoms with E-state index in [1.165, 1.54) is 4.88 Å². The van der Waals surface area contributed by atoms with E-state index >= 15 is 0 Å². The van der Waals surface area contributed by atoms with Crippen LogP contribution in [0.4, 0.5) is 0 Å². The molecule has 0 bridgehead atoms. The van der Waals surface area contributed by atoms with Gasteiger partial charge in [-0.3, -0.25) is 0 Å². The lowest BCUT2D eigenvalue weighted by atomic mass is 10.1. The fourth-order valence-corrected chi connectivity index (χ4v) is 3.19. The van der Waals surface area contributed by atoms with E-state index in [1.54, 1.807) is 11.3 Å². The van der Waals surface area contributed by atoms with E-state index in [0.29, 0.717) is 0 Å². The van der Waals surface area contributed by atoms with Crippen molar-refractivity contribution in [3.05, 3.63) is 43.4 Å². The first-order valence-electron chi connectivity index (χ1n) is 4.39. The molecule has 2 N–H and O–H groups in total. The monoisotopic (exact) mass is 349 g/mol. The molecule has 0 aliphatic rings. The zero-order valence-electron chi connectivity index (χ0n) is 7.74. The molecule has 2 nitrogen and oxygen atoms in total. The van der Waals surface area contributed by atoms with E-state index in [1.807, 2.05) is 23.6 Å². The summed E-state index contributed by atoms with van der Waals surface area (Å²) in [7, 11) is 0. The molecule has 2 aromatic rings. The van der Waals surface area contributed by atoms with E-state index < -0.39 is 0 Å². The maximum atomic E-state index is 6.04. The van der Waals surface area contributed by atoms with Gasteiger partial charge in [-0.25, -0.2) is 0 Å². The predicted molar refractivity (Wildman–Crippen MR) is 69.1 cm³/mol. The molecule has 1 atom stereocenters. The van der Waals surface area contributed by atoms with Crippen molar-refractivity contribution in [3.63, 3.8) is 0 Å². The normalized spacial score (nSPS) is 13.0. The summed E-state index contributed by atoms with van der Waals surface area (Å²) < 4.78 is 7.25. The van der Waals surface area contributed by atoms with Crippen molar-refractivity contribution in [1.82, 2.24) is 0 Å². The summed E-state index contributed by atoms with van der Waals surface area (Å²) in [5, 5.41) is 2.05. The topological polar surface area (TPSA) is 39.2 Å². The second-order valence-electron chi connectivity index (χ2n) is 3.14. The first-order chi connectivity index (χ1) is 7.16. The summed E-state index contributed by atoms with van der Waals surface area (Å²) in [5.74, 6) is 0.808. The molecule has 0 saturated carbocycles. The van der Waals surface area contributed by atoms with E-state index in [-0.39, 0.29) is 6.04 Å². The highest BCUT2D eigenvalue weighted by Gasteiger charge is 2.13. The van der Waals surface area contributed by atoms with Gasteiger partial charge in [0.05, 0.1) is 6.04 Å². The van der Waals surface area contributed by atoms with Gasteiger partial charge in [-0.15, -0.1) is 11.3 Å². The third kappa shape index (κ3) is 2.72. The maximum absolute atomic E-state index is 6.04. The lowest BCUT2D eigenvalue weighted by Gasteiger charge is -2.07. The van der Waals surface area contributed by atoms with Gasteiger partial charge in [0.15, 0.2) is 4.67 Å². The van der Waals surface area contributed by atoms with Crippen LogP contribution >= 0.6 is 43.2 Å². The molecule has 0 radical (unpaired) electrons. The molecule has 5 heteroatoms. The molecule has 2 heterocycles. The zero-order chi connectivity index (χ0) is 10.8. The quantitative estimate of drug-likeness (QED) is 0.904. The average Bonchev–Trinajstić information content (AvgIpc) is 2.77. The van der Waals surface area contributed by atoms with Crippen LogP contribution in [0.15, 0.2) is 37.1 Å². The number of hydrogen-bond donors (Lipinski definition) is 1. The summed E-state index contributed by atoms with van der Waals surface area (Å²) in [6, 6.07) is 5.70. The molecule has 1 unspecified atom stereocenters. The minimum atomic E-state index is -0.0914. The summed E-state index contributed by atoms with van der Waals surface area (Å²) in [6.07, 6.45) is 0.790. The van der Waals surface area contributed by atoms with Crippen molar-refractivity contribution in [3.8, 4) is 0 Å². The molecule has 0 aliphatic heterocycles. The number of thiophene rings is 1. The van der Waals surface area contributed by atoms with Crippen LogP contribution in [-0.4, -0.2) is 0 Å². The van der Waals surface area contributed by atoms with Crippen molar-refractivity contribution < 1.29 is 4.42 Å². The smallest absolute Gasteiger partial charge is 0.169 e. The van der Waals surface area contributed by atoms with Crippen molar-refractivity contribution in [2.24, 2.45) is 5.73 Å². The summed E-state index contributed by atoms with van der Waals surface area (Å²) >= 11 is 8.45. The van der Waals surface area contributed by atoms with Crippen LogP contribution in [0, 0.1) is 0 Å². The second-order valence-corrected chi connectivity index (χ2v) is 5.78. The summed E-state index contributed by atoms with van der Waals surface area (Å²) in [4.78, 5) is 1.25. The SMILES string of the molecule is NC(Cc1sccc1Br)c1ccc(Br)o1. The zero-order valence-corrected chi connectivity index (χ0v) is 11.7. The fraction of sp³-hybridized carbons (Fsp3) is 0.200. The fourth-order valence-electron chi connectivity index (χ4n) is 1.30. The van der Waals surface area contributed by atoms with E-state index in [4.69, 9.17) is 10.2 Å².